The number of pyridine rings is 1. The van der Waals surface area contributed by atoms with Crippen LogP contribution in [0.3, 0.4) is 0 Å². The minimum atomic E-state index is 0.00396. The predicted molar refractivity (Wildman–Crippen MR) is 112 cm³/mol. The summed E-state index contributed by atoms with van der Waals surface area (Å²) in [6, 6.07) is 3.68. The first-order valence-corrected chi connectivity index (χ1v) is 10.8. The molecule has 1 fully saturated rings. The summed E-state index contributed by atoms with van der Waals surface area (Å²) in [6.45, 7) is 4.45. The fourth-order valence-electron chi connectivity index (χ4n) is 4.77. The summed E-state index contributed by atoms with van der Waals surface area (Å²) in [6.07, 6.45) is 11.5. The first-order valence-electron chi connectivity index (χ1n) is 10.4. The lowest BCUT2D eigenvalue weighted by molar-refractivity contribution is 0.0703. The van der Waals surface area contributed by atoms with E-state index in [4.69, 9.17) is 16.4 Å². The molecular formula is C22H25ClN4O2. The quantitative estimate of drug-likeness (QED) is 0.713. The molecule has 1 saturated heterocycles. The van der Waals surface area contributed by atoms with E-state index in [1.54, 1.807) is 6.07 Å². The second-order valence-electron chi connectivity index (χ2n) is 8.18. The molecule has 152 valence electrons. The molecule has 0 aromatic carbocycles. The third-order valence-corrected chi connectivity index (χ3v) is 6.69. The molecule has 0 N–H and O–H groups in total. The molecule has 6 nitrogen and oxygen atoms in total. The van der Waals surface area contributed by atoms with Crippen molar-refractivity contribution in [3.8, 4) is 0 Å². The van der Waals surface area contributed by atoms with Crippen molar-refractivity contribution in [3.63, 3.8) is 0 Å². The zero-order valence-electron chi connectivity index (χ0n) is 16.3. The Hall–Kier alpha value is -2.18. The monoisotopic (exact) mass is 412 g/mol. The van der Waals surface area contributed by atoms with Crippen molar-refractivity contribution in [3.05, 3.63) is 52.8 Å². The van der Waals surface area contributed by atoms with Crippen LogP contribution in [0.2, 0.25) is 5.15 Å². The van der Waals surface area contributed by atoms with E-state index in [2.05, 4.69) is 33.3 Å². The van der Waals surface area contributed by atoms with Crippen LogP contribution in [-0.4, -0.2) is 65.2 Å². The van der Waals surface area contributed by atoms with Crippen LogP contribution in [0.25, 0.3) is 0 Å². The Morgan fingerprint density at radius 1 is 1.10 bits per heavy atom. The third-order valence-electron chi connectivity index (χ3n) is 6.48. The Kier molecular flexibility index (Phi) is 5.14. The molecule has 2 atom stereocenters. The van der Waals surface area contributed by atoms with Crippen molar-refractivity contribution in [2.45, 2.75) is 25.4 Å². The molecule has 4 heterocycles. The number of rotatable bonds is 4. The van der Waals surface area contributed by atoms with Crippen LogP contribution >= 0.6 is 11.6 Å². The van der Waals surface area contributed by atoms with Gasteiger partial charge in [-0.2, -0.15) is 0 Å². The first kappa shape index (κ1) is 18.8. The maximum absolute atomic E-state index is 12.7. The van der Waals surface area contributed by atoms with Crippen molar-refractivity contribution in [2.24, 2.45) is 17.0 Å². The van der Waals surface area contributed by atoms with Crippen LogP contribution in [0.15, 0.2) is 41.6 Å². The maximum Gasteiger partial charge on any atom is 0.272 e. The number of piperidine rings is 1. The average molecular weight is 413 g/mol. The summed E-state index contributed by atoms with van der Waals surface area (Å²) in [7, 11) is 0. The number of hydrogen-bond acceptors (Lipinski definition) is 5. The number of amides is 1. The molecule has 0 bridgehead atoms. The first-order chi connectivity index (χ1) is 14.2. The number of allylic oxidation sites excluding steroid dienone is 2. The lowest BCUT2D eigenvalue weighted by Crippen LogP contribution is -2.45. The summed E-state index contributed by atoms with van der Waals surface area (Å²) in [5, 5.41) is 4.79. The molecule has 1 aromatic heterocycles. The summed E-state index contributed by atoms with van der Waals surface area (Å²) in [4.78, 5) is 27.0. The van der Waals surface area contributed by atoms with E-state index in [1.807, 2.05) is 17.0 Å². The van der Waals surface area contributed by atoms with Gasteiger partial charge in [-0.05, 0) is 50.1 Å². The number of carbonyl (C=O) groups excluding carboxylic acids is 1. The van der Waals surface area contributed by atoms with Gasteiger partial charge in [0.05, 0.1) is 11.6 Å². The number of oxime groups is 1. The second kappa shape index (κ2) is 7.92. The van der Waals surface area contributed by atoms with E-state index in [-0.39, 0.29) is 12.0 Å². The maximum atomic E-state index is 12.7. The van der Waals surface area contributed by atoms with E-state index >= 15 is 0 Å². The largest absolute Gasteiger partial charge is 0.387 e. The van der Waals surface area contributed by atoms with Crippen LogP contribution in [-0.2, 0) is 11.3 Å². The van der Waals surface area contributed by atoms with Crippen molar-refractivity contribution in [1.29, 1.82) is 0 Å². The Bertz CT molecular complexity index is 889. The van der Waals surface area contributed by atoms with E-state index in [9.17, 15) is 4.79 Å². The molecule has 1 aliphatic carbocycles. The third kappa shape index (κ3) is 3.71. The summed E-state index contributed by atoms with van der Waals surface area (Å²) in [5.41, 5.74) is 2.73. The smallest absolute Gasteiger partial charge is 0.272 e. The van der Waals surface area contributed by atoms with Gasteiger partial charge in [-0.15, -0.1) is 0 Å². The number of nitrogens with zero attached hydrogens (tertiary/aromatic N) is 4. The van der Waals surface area contributed by atoms with Crippen molar-refractivity contribution in [2.75, 3.05) is 32.7 Å². The molecule has 5 rings (SSSR count). The SMILES string of the molecule is O=C1c2nc(Cl)ccc2CCN1CCN1CCC(C2=NOC3C=CC=CC23)CC1. The minimum absolute atomic E-state index is 0.00396. The summed E-state index contributed by atoms with van der Waals surface area (Å²) < 4.78 is 0. The van der Waals surface area contributed by atoms with Gasteiger partial charge in [-0.1, -0.05) is 41.1 Å². The molecule has 2 unspecified atom stereocenters. The predicted octanol–water partition coefficient (Wildman–Crippen LogP) is 2.94. The van der Waals surface area contributed by atoms with Crippen molar-refractivity contribution >= 4 is 23.2 Å². The van der Waals surface area contributed by atoms with Gasteiger partial charge >= 0.3 is 0 Å². The van der Waals surface area contributed by atoms with Gasteiger partial charge in [0.2, 0.25) is 0 Å². The van der Waals surface area contributed by atoms with Crippen LogP contribution in [0.1, 0.15) is 28.9 Å². The number of hydrogen-bond donors (Lipinski definition) is 0. The van der Waals surface area contributed by atoms with Gasteiger partial charge in [0, 0.05) is 25.6 Å². The topological polar surface area (TPSA) is 58.0 Å². The molecule has 0 spiro atoms. The van der Waals surface area contributed by atoms with Gasteiger partial charge in [0.15, 0.2) is 6.10 Å². The number of fused-ring (bicyclic) bond motifs is 2. The van der Waals surface area contributed by atoms with Gasteiger partial charge in [-0.25, -0.2) is 4.98 Å². The van der Waals surface area contributed by atoms with Gasteiger partial charge in [-0.3, -0.25) is 4.79 Å². The fraction of sp³-hybridized carbons (Fsp3) is 0.500. The number of aromatic nitrogens is 1. The highest BCUT2D eigenvalue weighted by molar-refractivity contribution is 6.29. The lowest BCUT2D eigenvalue weighted by Gasteiger charge is -2.35. The normalized spacial score (nSPS) is 26.9. The van der Waals surface area contributed by atoms with Gasteiger partial charge < -0.3 is 14.6 Å². The average Bonchev–Trinajstić information content (AvgIpc) is 3.18. The molecular weight excluding hydrogens is 388 g/mol. The van der Waals surface area contributed by atoms with E-state index in [1.165, 1.54) is 5.71 Å². The summed E-state index contributed by atoms with van der Waals surface area (Å²) in [5.74, 6) is 0.804. The molecule has 0 radical (unpaired) electrons. The Balaban J connectivity index is 1.13. The number of carbonyl (C=O) groups is 1. The Morgan fingerprint density at radius 2 is 1.93 bits per heavy atom. The molecule has 1 aromatic rings. The van der Waals surface area contributed by atoms with E-state index in [0.29, 0.717) is 22.7 Å². The molecule has 7 heteroatoms. The zero-order valence-corrected chi connectivity index (χ0v) is 17.1. The number of likely N-dealkylation sites (tertiary alicyclic amines) is 1. The van der Waals surface area contributed by atoms with Gasteiger partial charge in [0.1, 0.15) is 10.8 Å². The summed E-state index contributed by atoms with van der Waals surface area (Å²) >= 11 is 5.98. The second-order valence-corrected chi connectivity index (χ2v) is 8.57. The highest BCUT2D eigenvalue weighted by Gasteiger charge is 2.37. The minimum Gasteiger partial charge on any atom is -0.387 e. The molecule has 3 aliphatic heterocycles. The van der Waals surface area contributed by atoms with Gasteiger partial charge in [0.25, 0.3) is 5.91 Å². The van der Waals surface area contributed by atoms with Crippen molar-refractivity contribution < 1.29 is 9.63 Å². The number of halogens is 1. The fourth-order valence-corrected chi connectivity index (χ4v) is 4.92. The van der Waals surface area contributed by atoms with E-state index in [0.717, 1.165) is 57.5 Å². The Labute approximate surface area is 175 Å². The molecule has 0 saturated carbocycles. The highest BCUT2D eigenvalue weighted by atomic mass is 35.5. The van der Waals surface area contributed by atoms with Crippen LogP contribution in [0, 0.1) is 11.8 Å². The Morgan fingerprint density at radius 3 is 2.79 bits per heavy atom. The zero-order chi connectivity index (χ0) is 19.8. The lowest BCUT2D eigenvalue weighted by atomic mass is 9.82. The van der Waals surface area contributed by atoms with Crippen molar-refractivity contribution in [1.82, 2.24) is 14.8 Å². The molecule has 1 amide bonds. The standard InChI is InChI=1S/C22H25ClN4O2/c23-19-6-5-15-9-12-27(22(28)21(15)24-19)14-13-26-10-7-16(8-11-26)20-17-3-1-2-4-18(17)29-25-20/h1-6,16-18H,7-14H2. The van der Waals surface area contributed by atoms with E-state index < -0.39 is 0 Å². The van der Waals surface area contributed by atoms with Crippen LogP contribution in [0.4, 0.5) is 0 Å². The van der Waals surface area contributed by atoms with Crippen LogP contribution in [0.5, 0.6) is 0 Å². The molecule has 4 aliphatic rings. The highest BCUT2D eigenvalue weighted by Crippen LogP contribution is 2.32. The van der Waals surface area contributed by atoms with Crippen LogP contribution < -0.4 is 0 Å². The molecule has 29 heavy (non-hydrogen) atoms.